The molecule has 0 aliphatic carbocycles. The molecule has 20 heavy (non-hydrogen) atoms. The number of anilines is 1. The summed E-state index contributed by atoms with van der Waals surface area (Å²) in [5.74, 6) is -1.49. The first kappa shape index (κ1) is 12.8. The van der Waals surface area contributed by atoms with E-state index in [9.17, 15) is 14.4 Å². The summed E-state index contributed by atoms with van der Waals surface area (Å²) in [5.41, 5.74) is 0.750. The molecule has 0 bridgehead atoms. The van der Waals surface area contributed by atoms with Crippen molar-refractivity contribution in [1.82, 2.24) is 0 Å². The van der Waals surface area contributed by atoms with Gasteiger partial charge in [0.15, 0.2) is 5.76 Å². The van der Waals surface area contributed by atoms with Crippen molar-refractivity contribution in [2.45, 2.75) is 0 Å². The second kappa shape index (κ2) is 4.72. The van der Waals surface area contributed by atoms with E-state index >= 15 is 0 Å². The van der Waals surface area contributed by atoms with Crippen LogP contribution in [0.4, 0.5) is 5.69 Å². The van der Waals surface area contributed by atoms with Crippen LogP contribution in [0.1, 0.15) is 20.9 Å². The van der Waals surface area contributed by atoms with Crippen LogP contribution in [0.3, 0.4) is 0 Å². The van der Waals surface area contributed by atoms with E-state index in [0.717, 1.165) is 4.47 Å². The molecule has 1 aromatic heterocycles. The lowest BCUT2D eigenvalue weighted by molar-refractivity contribution is -0.114. The van der Waals surface area contributed by atoms with Crippen LogP contribution in [0.2, 0.25) is 0 Å². The molecule has 1 aliphatic heterocycles. The lowest BCUT2D eigenvalue weighted by atomic mass is 10.1. The first-order valence-corrected chi connectivity index (χ1v) is 6.59. The van der Waals surface area contributed by atoms with Crippen molar-refractivity contribution in [3.8, 4) is 0 Å². The summed E-state index contributed by atoms with van der Waals surface area (Å²) in [6.07, 6.45) is 1.38. The summed E-state index contributed by atoms with van der Waals surface area (Å²) in [4.78, 5) is 37.0. The Kier molecular flexibility index (Phi) is 3.02. The molecule has 0 saturated carbocycles. The number of carbonyl (C=O) groups excluding carboxylic acids is 3. The molecule has 6 heteroatoms. The smallest absolute Gasteiger partial charge is 0.299 e. The molecule has 2 aromatic rings. The maximum Gasteiger partial charge on any atom is 0.299 e. The van der Waals surface area contributed by atoms with Crippen LogP contribution in [0, 0.1) is 0 Å². The predicted molar refractivity (Wildman–Crippen MR) is 73.9 cm³/mol. The van der Waals surface area contributed by atoms with Crippen molar-refractivity contribution in [3.63, 3.8) is 0 Å². The Morgan fingerprint density at radius 3 is 2.75 bits per heavy atom. The summed E-state index contributed by atoms with van der Waals surface area (Å²) in [7, 11) is 0. The second-order valence-electron chi connectivity index (χ2n) is 4.28. The maximum atomic E-state index is 12.0. The summed E-state index contributed by atoms with van der Waals surface area (Å²) >= 11 is 3.28. The Hall–Kier alpha value is -2.21. The SMILES string of the molecule is O=C(CN1C(=O)C(=O)c2ccc(Br)cc21)c1ccco1. The van der Waals surface area contributed by atoms with Crippen molar-refractivity contribution in [2.24, 2.45) is 0 Å². The number of fused-ring (bicyclic) bond motifs is 1. The average molecular weight is 334 g/mol. The van der Waals surface area contributed by atoms with E-state index in [1.54, 1.807) is 24.3 Å². The molecule has 0 radical (unpaired) electrons. The predicted octanol–water partition coefficient (Wildman–Crippen LogP) is 2.45. The molecule has 1 amide bonds. The summed E-state index contributed by atoms with van der Waals surface area (Å²) in [6, 6.07) is 8.01. The molecular weight excluding hydrogens is 326 g/mol. The van der Waals surface area contributed by atoms with Gasteiger partial charge in [0.2, 0.25) is 5.78 Å². The third-order valence-corrected chi connectivity index (χ3v) is 3.53. The Balaban J connectivity index is 1.95. The van der Waals surface area contributed by atoms with Crippen molar-refractivity contribution in [2.75, 3.05) is 11.4 Å². The van der Waals surface area contributed by atoms with Gasteiger partial charge in [-0.1, -0.05) is 15.9 Å². The number of furan rings is 1. The highest BCUT2D eigenvalue weighted by Crippen LogP contribution is 2.31. The minimum atomic E-state index is -0.696. The van der Waals surface area contributed by atoms with Gasteiger partial charge in [-0.2, -0.15) is 0 Å². The van der Waals surface area contributed by atoms with E-state index in [0.29, 0.717) is 11.3 Å². The molecule has 0 atom stereocenters. The van der Waals surface area contributed by atoms with Gasteiger partial charge in [-0.3, -0.25) is 19.3 Å². The van der Waals surface area contributed by atoms with E-state index in [-0.39, 0.29) is 18.1 Å². The molecule has 1 aliphatic rings. The molecule has 0 spiro atoms. The third-order valence-electron chi connectivity index (χ3n) is 3.03. The highest BCUT2D eigenvalue weighted by Gasteiger charge is 2.37. The van der Waals surface area contributed by atoms with Gasteiger partial charge >= 0.3 is 0 Å². The molecule has 2 heterocycles. The standard InChI is InChI=1S/C14H8BrNO4/c15-8-3-4-9-10(6-8)16(14(19)13(9)18)7-11(17)12-2-1-5-20-12/h1-6H,7H2. The monoisotopic (exact) mass is 333 g/mol. The minimum Gasteiger partial charge on any atom is -0.461 e. The molecule has 100 valence electrons. The Morgan fingerprint density at radius 1 is 1.25 bits per heavy atom. The fourth-order valence-electron chi connectivity index (χ4n) is 2.08. The zero-order valence-electron chi connectivity index (χ0n) is 10.1. The van der Waals surface area contributed by atoms with Gasteiger partial charge in [-0.25, -0.2) is 0 Å². The lowest BCUT2D eigenvalue weighted by Crippen LogP contribution is -2.34. The van der Waals surface area contributed by atoms with Gasteiger partial charge in [-0.15, -0.1) is 0 Å². The number of carbonyl (C=O) groups is 3. The number of rotatable bonds is 3. The van der Waals surface area contributed by atoms with Gasteiger partial charge < -0.3 is 4.42 Å². The maximum absolute atomic E-state index is 12.0. The average Bonchev–Trinajstić information content (AvgIpc) is 3.03. The van der Waals surface area contributed by atoms with E-state index in [4.69, 9.17) is 4.42 Å². The van der Waals surface area contributed by atoms with Gasteiger partial charge in [-0.05, 0) is 30.3 Å². The first-order valence-electron chi connectivity index (χ1n) is 5.80. The zero-order valence-corrected chi connectivity index (χ0v) is 11.7. The molecule has 0 saturated heterocycles. The number of hydrogen-bond donors (Lipinski definition) is 0. The summed E-state index contributed by atoms with van der Waals surface area (Å²) < 4.78 is 5.73. The van der Waals surface area contributed by atoms with Crippen LogP contribution >= 0.6 is 15.9 Å². The highest BCUT2D eigenvalue weighted by atomic mass is 79.9. The number of benzene rings is 1. The van der Waals surface area contributed by atoms with Gasteiger partial charge in [0.25, 0.3) is 11.7 Å². The fraction of sp³-hybridized carbons (Fsp3) is 0.0714. The Bertz CT molecular complexity index is 721. The van der Waals surface area contributed by atoms with Gasteiger partial charge in [0.1, 0.15) is 0 Å². The van der Waals surface area contributed by atoms with Crippen LogP contribution in [0.25, 0.3) is 0 Å². The molecular formula is C14H8BrNO4. The fourth-order valence-corrected chi connectivity index (χ4v) is 2.43. The largest absolute Gasteiger partial charge is 0.461 e. The number of Topliss-reactive ketones (excluding diaryl/α,β-unsaturated/α-hetero) is 2. The first-order chi connectivity index (χ1) is 9.58. The van der Waals surface area contributed by atoms with Crippen LogP contribution < -0.4 is 4.90 Å². The summed E-state index contributed by atoms with van der Waals surface area (Å²) in [5, 5.41) is 0. The normalized spacial score (nSPS) is 13.8. The highest BCUT2D eigenvalue weighted by molar-refractivity contribution is 9.10. The molecule has 1 aromatic carbocycles. The molecule has 0 fully saturated rings. The number of ketones is 2. The van der Waals surface area contributed by atoms with E-state index in [2.05, 4.69) is 15.9 Å². The van der Waals surface area contributed by atoms with Crippen LogP contribution in [0.5, 0.6) is 0 Å². The van der Waals surface area contributed by atoms with Gasteiger partial charge in [0.05, 0.1) is 24.1 Å². The van der Waals surface area contributed by atoms with E-state index in [1.807, 2.05) is 0 Å². The quantitative estimate of drug-likeness (QED) is 0.639. The Labute approximate surface area is 122 Å². The van der Waals surface area contributed by atoms with Crippen LogP contribution in [-0.4, -0.2) is 24.0 Å². The number of amides is 1. The lowest BCUT2D eigenvalue weighted by Gasteiger charge is -2.14. The van der Waals surface area contributed by atoms with E-state index < -0.39 is 11.7 Å². The molecule has 5 nitrogen and oxygen atoms in total. The third kappa shape index (κ3) is 1.98. The van der Waals surface area contributed by atoms with Crippen LogP contribution in [0.15, 0.2) is 45.5 Å². The number of nitrogens with zero attached hydrogens (tertiary/aromatic N) is 1. The van der Waals surface area contributed by atoms with Crippen molar-refractivity contribution in [1.29, 1.82) is 0 Å². The summed E-state index contributed by atoms with van der Waals surface area (Å²) in [6.45, 7) is -0.221. The second-order valence-corrected chi connectivity index (χ2v) is 5.20. The van der Waals surface area contributed by atoms with Crippen molar-refractivity contribution in [3.05, 3.63) is 52.4 Å². The molecule has 0 N–H and O–H groups in total. The van der Waals surface area contributed by atoms with Gasteiger partial charge in [0, 0.05) is 4.47 Å². The van der Waals surface area contributed by atoms with Crippen LogP contribution in [-0.2, 0) is 4.79 Å². The molecule has 3 rings (SSSR count). The number of halogens is 1. The minimum absolute atomic E-state index is 0.161. The van der Waals surface area contributed by atoms with Crippen molar-refractivity contribution >= 4 is 39.1 Å². The Morgan fingerprint density at radius 2 is 2.05 bits per heavy atom. The van der Waals surface area contributed by atoms with Crippen molar-refractivity contribution < 1.29 is 18.8 Å². The molecule has 0 unspecified atom stereocenters. The zero-order chi connectivity index (χ0) is 14.3. The number of hydrogen-bond acceptors (Lipinski definition) is 4. The topological polar surface area (TPSA) is 67.6 Å². The van der Waals surface area contributed by atoms with E-state index in [1.165, 1.54) is 17.2 Å².